The Labute approximate surface area is 82.6 Å². The van der Waals surface area contributed by atoms with Crippen LogP contribution in [0.25, 0.3) is 0 Å². The van der Waals surface area contributed by atoms with Crippen LogP contribution in [0.2, 0.25) is 0 Å². The Bertz CT molecular complexity index is 355. The first-order chi connectivity index (χ1) is 6.61. The summed E-state index contributed by atoms with van der Waals surface area (Å²) >= 11 is 0. The maximum atomic E-state index is 11.2. The molecule has 1 rings (SSSR count). The molecular weight excluding hydrogens is 176 g/mol. The van der Waals surface area contributed by atoms with Gasteiger partial charge in [-0.2, -0.15) is 0 Å². The van der Waals surface area contributed by atoms with Crippen molar-refractivity contribution in [3.63, 3.8) is 0 Å². The highest BCUT2D eigenvalue weighted by molar-refractivity contribution is 6.13. The van der Waals surface area contributed by atoms with Gasteiger partial charge in [-0.25, -0.2) is 0 Å². The first-order valence-electron chi connectivity index (χ1n) is 4.10. The highest BCUT2D eigenvalue weighted by Gasteiger charge is 2.03. The lowest BCUT2D eigenvalue weighted by atomic mass is 10.1. The molecule has 0 radical (unpaired) electrons. The molecule has 0 aliphatic heterocycles. The molecular formula is C12H10O2. The van der Waals surface area contributed by atoms with Crippen LogP contribution in [0.4, 0.5) is 0 Å². The maximum Gasteiger partial charge on any atom is 0.185 e. The summed E-state index contributed by atoms with van der Waals surface area (Å²) in [6.07, 6.45) is 8.90. The normalized spacial score (nSPS) is 24.6. The molecule has 1 aliphatic rings. The van der Waals surface area contributed by atoms with E-state index in [0.29, 0.717) is 11.1 Å². The number of hydrogen-bond acceptors (Lipinski definition) is 2. The van der Waals surface area contributed by atoms with Crippen LogP contribution in [0.3, 0.4) is 0 Å². The van der Waals surface area contributed by atoms with E-state index >= 15 is 0 Å². The number of carbonyl (C=O) groups excluding carboxylic acids is 2. The minimum Gasteiger partial charge on any atom is -0.289 e. The second-order valence-electron chi connectivity index (χ2n) is 2.83. The van der Waals surface area contributed by atoms with Crippen LogP contribution < -0.4 is 0 Å². The van der Waals surface area contributed by atoms with Crippen LogP contribution in [0.1, 0.15) is 0 Å². The molecule has 0 spiro atoms. The van der Waals surface area contributed by atoms with Gasteiger partial charge in [0.1, 0.15) is 0 Å². The summed E-state index contributed by atoms with van der Waals surface area (Å²) in [5.74, 6) is -0.532. The Kier molecular flexibility index (Phi) is 3.13. The molecule has 2 nitrogen and oxygen atoms in total. The maximum absolute atomic E-state index is 11.2. The van der Waals surface area contributed by atoms with Crippen LogP contribution in [-0.4, -0.2) is 11.6 Å². The Balaban J connectivity index is 3.05. The molecule has 0 aromatic carbocycles. The fraction of sp³-hybridized carbons (Fsp3) is 0. The molecule has 0 saturated heterocycles. The highest BCUT2D eigenvalue weighted by Crippen LogP contribution is 2.03. The average molecular weight is 186 g/mol. The second kappa shape index (κ2) is 4.33. The SMILES string of the molecule is C=C1/C=C\C=C/C(=C)C(=O)/C=C\C1=O. The lowest BCUT2D eigenvalue weighted by Crippen LogP contribution is -1.99. The van der Waals surface area contributed by atoms with Crippen molar-refractivity contribution in [2.75, 3.05) is 0 Å². The first-order valence-corrected chi connectivity index (χ1v) is 4.10. The van der Waals surface area contributed by atoms with Gasteiger partial charge < -0.3 is 0 Å². The molecule has 1 aliphatic carbocycles. The smallest absolute Gasteiger partial charge is 0.185 e. The van der Waals surface area contributed by atoms with Crippen LogP contribution in [-0.2, 0) is 9.59 Å². The third-order valence-electron chi connectivity index (χ3n) is 1.72. The van der Waals surface area contributed by atoms with Crippen molar-refractivity contribution in [1.82, 2.24) is 0 Å². The van der Waals surface area contributed by atoms with Crippen molar-refractivity contribution < 1.29 is 9.59 Å². The molecule has 2 heteroatoms. The monoisotopic (exact) mass is 186 g/mol. The number of allylic oxidation sites excluding steroid dienone is 8. The molecule has 70 valence electrons. The van der Waals surface area contributed by atoms with E-state index in [1.807, 2.05) is 0 Å². The van der Waals surface area contributed by atoms with Gasteiger partial charge >= 0.3 is 0 Å². The third kappa shape index (κ3) is 2.52. The summed E-state index contributed by atoms with van der Waals surface area (Å²) in [5, 5.41) is 0. The molecule has 0 unspecified atom stereocenters. The largest absolute Gasteiger partial charge is 0.289 e. The van der Waals surface area contributed by atoms with Crippen molar-refractivity contribution in [3.05, 3.63) is 60.8 Å². The average Bonchev–Trinajstić information content (AvgIpc) is 2.18. The van der Waals surface area contributed by atoms with Gasteiger partial charge in [0.05, 0.1) is 0 Å². The first kappa shape index (κ1) is 10.1. The fourth-order valence-corrected chi connectivity index (χ4v) is 0.873. The third-order valence-corrected chi connectivity index (χ3v) is 1.72. The Morgan fingerprint density at radius 3 is 1.43 bits per heavy atom. The van der Waals surface area contributed by atoms with E-state index in [0.717, 1.165) is 0 Å². The van der Waals surface area contributed by atoms with Gasteiger partial charge in [0.15, 0.2) is 11.6 Å². The van der Waals surface area contributed by atoms with Crippen molar-refractivity contribution in [2.45, 2.75) is 0 Å². The second-order valence-corrected chi connectivity index (χ2v) is 2.83. The highest BCUT2D eigenvalue weighted by atomic mass is 16.1. The molecule has 0 N–H and O–H groups in total. The Hall–Kier alpha value is -1.96. The van der Waals surface area contributed by atoms with Gasteiger partial charge in [-0.1, -0.05) is 37.5 Å². The molecule has 0 saturated carbocycles. The summed E-state index contributed by atoms with van der Waals surface area (Å²) in [5.41, 5.74) is 0.706. The lowest BCUT2D eigenvalue weighted by molar-refractivity contribution is -0.113. The van der Waals surface area contributed by atoms with Crippen molar-refractivity contribution in [1.29, 1.82) is 0 Å². The van der Waals surface area contributed by atoms with Crippen LogP contribution >= 0.6 is 0 Å². The summed E-state index contributed by atoms with van der Waals surface area (Å²) in [6, 6.07) is 0. The van der Waals surface area contributed by atoms with Crippen molar-refractivity contribution in [3.8, 4) is 0 Å². The molecule has 0 aromatic rings. The van der Waals surface area contributed by atoms with E-state index in [4.69, 9.17) is 0 Å². The van der Waals surface area contributed by atoms with Crippen molar-refractivity contribution >= 4 is 11.6 Å². The van der Waals surface area contributed by atoms with E-state index in [1.165, 1.54) is 12.2 Å². The van der Waals surface area contributed by atoms with Gasteiger partial charge in [-0.3, -0.25) is 9.59 Å². The predicted octanol–water partition coefficient (Wildman–Crippen LogP) is 1.92. The topological polar surface area (TPSA) is 34.1 Å². The number of carbonyl (C=O) groups is 2. The minimum absolute atomic E-state index is 0.266. The van der Waals surface area contributed by atoms with Crippen LogP contribution in [0.15, 0.2) is 60.8 Å². The van der Waals surface area contributed by atoms with E-state index < -0.39 is 0 Å². The fourth-order valence-electron chi connectivity index (χ4n) is 0.873. The molecule has 0 aromatic heterocycles. The molecule has 0 bridgehead atoms. The molecule has 0 amide bonds. The quantitative estimate of drug-likeness (QED) is 0.541. The van der Waals surface area contributed by atoms with Crippen LogP contribution in [0, 0.1) is 0 Å². The standard InChI is InChI=1S/C12H10O2/c1-9-5-3-4-6-10(2)12(14)8-7-11(9)13/h3-8H,1-2H2/b5-3-,6-4-,8-7-. The predicted molar refractivity (Wildman–Crippen MR) is 55.7 cm³/mol. The minimum atomic E-state index is -0.266. The Morgan fingerprint density at radius 2 is 1.07 bits per heavy atom. The zero-order valence-corrected chi connectivity index (χ0v) is 7.69. The molecule has 14 heavy (non-hydrogen) atoms. The number of ketones is 2. The summed E-state index contributed by atoms with van der Waals surface area (Å²) < 4.78 is 0. The number of rotatable bonds is 0. The van der Waals surface area contributed by atoms with E-state index in [-0.39, 0.29) is 11.6 Å². The van der Waals surface area contributed by atoms with Gasteiger partial charge in [0.2, 0.25) is 0 Å². The molecule has 0 heterocycles. The van der Waals surface area contributed by atoms with E-state index in [9.17, 15) is 9.59 Å². The van der Waals surface area contributed by atoms with E-state index in [2.05, 4.69) is 13.2 Å². The lowest BCUT2D eigenvalue weighted by Gasteiger charge is -1.96. The zero-order valence-electron chi connectivity index (χ0n) is 7.69. The Morgan fingerprint density at radius 1 is 0.714 bits per heavy atom. The number of hydrogen-bond donors (Lipinski definition) is 0. The van der Waals surface area contributed by atoms with Gasteiger partial charge in [-0.15, -0.1) is 0 Å². The van der Waals surface area contributed by atoms with E-state index in [1.54, 1.807) is 24.3 Å². The van der Waals surface area contributed by atoms with Gasteiger partial charge in [0.25, 0.3) is 0 Å². The van der Waals surface area contributed by atoms with Crippen molar-refractivity contribution in [2.24, 2.45) is 0 Å². The van der Waals surface area contributed by atoms with Gasteiger partial charge in [0, 0.05) is 11.1 Å². The van der Waals surface area contributed by atoms with Gasteiger partial charge in [-0.05, 0) is 12.2 Å². The summed E-state index contributed by atoms with van der Waals surface area (Å²) in [6.45, 7) is 7.12. The molecule has 0 fully saturated rings. The zero-order chi connectivity index (χ0) is 10.6. The van der Waals surface area contributed by atoms with Crippen LogP contribution in [0.5, 0.6) is 0 Å². The summed E-state index contributed by atoms with van der Waals surface area (Å²) in [4.78, 5) is 22.5. The molecule has 0 atom stereocenters. The summed E-state index contributed by atoms with van der Waals surface area (Å²) in [7, 11) is 0.